The van der Waals surface area contributed by atoms with Crippen molar-refractivity contribution in [2.24, 2.45) is 11.3 Å². The summed E-state index contributed by atoms with van der Waals surface area (Å²) < 4.78 is 5.47. The van der Waals surface area contributed by atoms with Crippen LogP contribution in [0.2, 0.25) is 0 Å². The van der Waals surface area contributed by atoms with Crippen LogP contribution in [0.15, 0.2) is 24.3 Å². The van der Waals surface area contributed by atoms with Gasteiger partial charge in [-0.2, -0.15) is 10.5 Å². The Labute approximate surface area is 275 Å². The first-order valence-electron chi connectivity index (χ1n) is 15.3. The smallest absolute Gasteiger partial charge is 0.144 e. The lowest BCUT2D eigenvalue weighted by Crippen LogP contribution is -2.26. The number of nitriles is 2. The van der Waals surface area contributed by atoms with E-state index in [1.807, 2.05) is 31.3 Å². The molecule has 2 aromatic carbocycles. The van der Waals surface area contributed by atoms with Crippen LogP contribution in [0.25, 0.3) is 0 Å². The Kier molecular flexibility index (Phi) is 23.9. The fourth-order valence-corrected chi connectivity index (χ4v) is 4.55. The topological polar surface area (TPSA) is 228 Å². The van der Waals surface area contributed by atoms with E-state index in [0.717, 1.165) is 75.7 Å². The number of aldehydes is 1. The second-order valence-corrected chi connectivity index (χ2v) is 11.7. The molecule has 0 spiro atoms. The zero-order valence-corrected chi connectivity index (χ0v) is 28.8. The van der Waals surface area contributed by atoms with Gasteiger partial charge in [-0.05, 0) is 61.6 Å². The molecule has 0 heterocycles. The normalized spacial score (nSPS) is 10.6. The van der Waals surface area contributed by atoms with Crippen LogP contribution in [-0.4, -0.2) is 69.2 Å². The number of unbranched alkanes of at least 4 members (excludes halogenated alkanes) is 2. The van der Waals surface area contributed by atoms with Crippen molar-refractivity contribution in [1.29, 1.82) is 10.5 Å². The van der Waals surface area contributed by atoms with Gasteiger partial charge in [0.15, 0.2) is 0 Å². The third-order valence-electron chi connectivity index (χ3n) is 6.54. The zero-order chi connectivity index (χ0) is 35.7. The van der Waals surface area contributed by atoms with Gasteiger partial charge >= 0.3 is 0 Å². The second kappa shape index (κ2) is 25.0. The van der Waals surface area contributed by atoms with E-state index in [0.29, 0.717) is 29.1 Å². The standard InChI is InChI=1S/C16H29N3O3.C9H18O.C8H6N4.CH4O/c1-18-14-12-15(16(22-2)11-13(14)17)19(7-3-5-9-20)8-4-6-10-21;1-8(5-6-10)7-9(2,3)4;9-3-5-1-7(11)2-6(4-10)8(5)12;1-2/h11-12,18,20-21H,3-10,17H2,1-2H3;6,8H,5,7H2,1-4H3;1-2H,11-12H2;2H,1H3. The molecule has 0 aliphatic rings. The Hall–Kier alpha value is -4.23. The lowest BCUT2D eigenvalue weighted by atomic mass is 9.84. The summed E-state index contributed by atoms with van der Waals surface area (Å²) in [6.07, 6.45) is 6.19. The van der Waals surface area contributed by atoms with E-state index in [1.165, 1.54) is 12.1 Å². The van der Waals surface area contributed by atoms with Crippen LogP contribution in [0.5, 0.6) is 5.75 Å². The number of nitrogen functional groups attached to an aromatic ring is 3. The highest BCUT2D eigenvalue weighted by atomic mass is 16.5. The fraction of sp³-hybridized carbons (Fsp3) is 0.559. The van der Waals surface area contributed by atoms with Gasteiger partial charge in [0.25, 0.3) is 0 Å². The molecule has 0 saturated carbocycles. The molecular weight excluding hydrogens is 586 g/mol. The van der Waals surface area contributed by atoms with Crippen molar-refractivity contribution in [3.8, 4) is 17.9 Å². The second-order valence-electron chi connectivity index (χ2n) is 11.7. The van der Waals surface area contributed by atoms with Gasteiger partial charge in [-0.1, -0.05) is 27.7 Å². The maximum atomic E-state index is 10.1. The van der Waals surface area contributed by atoms with Crippen molar-refractivity contribution in [2.45, 2.75) is 66.2 Å². The first-order chi connectivity index (χ1) is 21.8. The molecule has 2 aromatic rings. The average molecular weight is 644 g/mol. The molecule has 0 radical (unpaired) electrons. The monoisotopic (exact) mass is 643 g/mol. The van der Waals surface area contributed by atoms with Gasteiger partial charge in [0, 0.05) is 58.6 Å². The number of aliphatic hydroxyl groups is 3. The van der Waals surface area contributed by atoms with Crippen molar-refractivity contribution < 1.29 is 24.9 Å². The Bertz CT molecular complexity index is 1180. The van der Waals surface area contributed by atoms with E-state index in [2.05, 4.69) is 37.9 Å². The van der Waals surface area contributed by atoms with Crippen LogP contribution in [0.1, 0.15) is 77.3 Å². The highest BCUT2D eigenvalue weighted by molar-refractivity contribution is 5.77. The highest BCUT2D eigenvalue weighted by Crippen LogP contribution is 2.36. The minimum atomic E-state index is 0.189. The van der Waals surface area contributed by atoms with Crippen LogP contribution in [-0.2, 0) is 4.79 Å². The van der Waals surface area contributed by atoms with Crippen LogP contribution in [0.3, 0.4) is 0 Å². The van der Waals surface area contributed by atoms with Crippen LogP contribution >= 0.6 is 0 Å². The number of nitrogens with zero attached hydrogens (tertiary/aromatic N) is 3. The molecule has 1 unspecified atom stereocenters. The Balaban J connectivity index is 0. The number of hydrogen-bond acceptors (Lipinski definition) is 12. The van der Waals surface area contributed by atoms with Gasteiger partial charge in [0.05, 0.1) is 41.0 Å². The molecule has 0 aliphatic heterocycles. The largest absolute Gasteiger partial charge is 0.495 e. The van der Waals surface area contributed by atoms with Gasteiger partial charge in [-0.25, -0.2) is 0 Å². The number of methoxy groups -OCH3 is 1. The van der Waals surface area contributed by atoms with E-state index in [4.69, 9.17) is 47.8 Å². The molecule has 0 amide bonds. The summed E-state index contributed by atoms with van der Waals surface area (Å²) in [5.74, 6) is 1.28. The third kappa shape index (κ3) is 17.9. The molecule has 1 atom stereocenters. The first-order valence-corrected chi connectivity index (χ1v) is 15.3. The summed E-state index contributed by atoms with van der Waals surface area (Å²) in [7, 11) is 4.47. The van der Waals surface area contributed by atoms with E-state index < -0.39 is 0 Å². The molecule has 10 N–H and O–H groups in total. The molecule has 12 nitrogen and oxygen atoms in total. The average Bonchev–Trinajstić information content (AvgIpc) is 3.02. The molecule has 0 fully saturated rings. The maximum Gasteiger partial charge on any atom is 0.144 e. The molecule has 0 bridgehead atoms. The Morgan fingerprint density at radius 1 is 0.957 bits per heavy atom. The molecule has 258 valence electrons. The lowest BCUT2D eigenvalue weighted by Gasteiger charge is -2.27. The molecular formula is C34H57N7O5. The summed E-state index contributed by atoms with van der Waals surface area (Å²) in [5.41, 5.74) is 20.8. The Morgan fingerprint density at radius 3 is 1.83 bits per heavy atom. The van der Waals surface area contributed by atoms with Gasteiger partial charge in [-0.15, -0.1) is 0 Å². The van der Waals surface area contributed by atoms with Gasteiger partial charge in [0.2, 0.25) is 0 Å². The lowest BCUT2D eigenvalue weighted by molar-refractivity contribution is -0.108. The minimum Gasteiger partial charge on any atom is -0.495 e. The van der Waals surface area contributed by atoms with Crippen molar-refractivity contribution in [3.05, 3.63) is 35.4 Å². The van der Waals surface area contributed by atoms with Gasteiger partial charge in [-0.3, -0.25) is 0 Å². The summed E-state index contributed by atoms with van der Waals surface area (Å²) in [4.78, 5) is 12.3. The van der Waals surface area contributed by atoms with Crippen molar-refractivity contribution in [2.75, 3.05) is 75.0 Å². The summed E-state index contributed by atoms with van der Waals surface area (Å²) in [6.45, 7) is 10.8. The number of carbonyl (C=O) groups excluding carboxylic acids is 1. The Morgan fingerprint density at radius 2 is 1.46 bits per heavy atom. The fourth-order valence-electron chi connectivity index (χ4n) is 4.55. The van der Waals surface area contributed by atoms with Gasteiger partial charge in [0.1, 0.15) is 24.2 Å². The van der Waals surface area contributed by atoms with Crippen LogP contribution in [0, 0.1) is 34.0 Å². The maximum absolute atomic E-state index is 10.1. The van der Waals surface area contributed by atoms with E-state index in [9.17, 15) is 4.79 Å². The van der Waals surface area contributed by atoms with E-state index in [1.54, 1.807) is 7.11 Å². The first kappa shape index (κ1) is 43.9. The molecule has 2 rings (SSSR count). The summed E-state index contributed by atoms with van der Waals surface area (Å²) in [5, 5.41) is 45.2. The number of benzene rings is 2. The SMILES string of the molecule is CC(CC=O)CC(C)(C)C.CNc1cc(N(CCCCO)CCCCO)c(OC)cc1N.CO.N#Cc1cc(N)cc(C#N)c1N. The van der Waals surface area contributed by atoms with E-state index in [-0.39, 0.29) is 30.0 Å². The predicted octanol–water partition coefficient (Wildman–Crippen LogP) is 4.52. The molecule has 0 aliphatic carbocycles. The van der Waals surface area contributed by atoms with Crippen molar-refractivity contribution in [1.82, 2.24) is 0 Å². The number of anilines is 5. The highest BCUT2D eigenvalue weighted by Gasteiger charge is 2.15. The minimum absolute atomic E-state index is 0.189. The third-order valence-corrected chi connectivity index (χ3v) is 6.54. The number of rotatable bonds is 14. The van der Waals surface area contributed by atoms with Crippen molar-refractivity contribution in [3.63, 3.8) is 0 Å². The number of aliphatic hydroxyl groups excluding tert-OH is 3. The number of hydrogen-bond donors (Lipinski definition) is 7. The number of nitrogens with one attached hydrogen (secondary N) is 1. The zero-order valence-electron chi connectivity index (χ0n) is 28.8. The predicted molar refractivity (Wildman–Crippen MR) is 189 cm³/mol. The molecule has 46 heavy (non-hydrogen) atoms. The summed E-state index contributed by atoms with van der Waals surface area (Å²) in [6, 6.07) is 10.4. The van der Waals surface area contributed by atoms with Crippen LogP contribution < -0.4 is 32.2 Å². The van der Waals surface area contributed by atoms with E-state index >= 15 is 0 Å². The van der Waals surface area contributed by atoms with Gasteiger partial charge < -0.3 is 52.3 Å². The molecule has 0 aromatic heterocycles. The van der Waals surface area contributed by atoms with Crippen molar-refractivity contribution >= 4 is 34.7 Å². The number of nitrogens with two attached hydrogens (primary N) is 3. The summed E-state index contributed by atoms with van der Waals surface area (Å²) >= 11 is 0. The number of carbonyl (C=O) groups is 1. The molecule has 0 saturated heterocycles. The van der Waals surface area contributed by atoms with Crippen LogP contribution in [0.4, 0.5) is 28.4 Å². The molecule has 12 heteroatoms. The number of ether oxygens (including phenoxy) is 1. The quantitative estimate of drug-likeness (QED) is 0.0856.